The van der Waals surface area contributed by atoms with E-state index >= 15 is 0 Å². The molecule has 1 aromatic heterocycles. The van der Waals surface area contributed by atoms with Gasteiger partial charge in [0.15, 0.2) is 11.5 Å². The molecule has 0 saturated carbocycles. The molecule has 0 aliphatic heterocycles. The van der Waals surface area contributed by atoms with Crippen LogP contribution in [-0.4, -0.2) is 37.8 Å². The Morgan fingerprint density at radius 3 is 2.50 bits per heavy atom. The lowest BCUT2D eigenvalue weighted by Gasteiger charge is -2.08. The summed E-state index contributed by atoms with van der Waals surface area (Å²) in [6.45, 7) is 0. The summed E-state index contributed by atoms with van der Waals surface area (Å²) < 4.78 is 32.5. The van der Waals surface area contributed by atoms with Gasteiger partial charge in [0, 0.05) is 17.1 Å². The van der Waals surface area contributed by atoms with Crippen molar-refractivity contribution < 1.29 is 17.9 Å². The molecule has 108 valence electrons. The number of benzene rings is 1. The van der Waals surface area contributed by atoms with Gasteiger partial charge in [0.2, 0.25) is 0 Å². The van der Waals surface area contributed by atoms with Crippen molar-refractivity contribution in [2.45, 2.75) is 11.6 Å². The van der Waals surface area contributed by atoms with Crippen LogP contribution in [0.4, 0.5) is 0 Å². The third-order valence-corrected chi connectivity index (χ3v) is 3.58. The Labute approximate surface area is 120 Å². The molecule has 0 radical (unpaired) electrons. The predicted octanol–water partition coefficient (Wildman–Crippen LogP) is 1.34. The second-order valence-electron chi connectivity index (χ2n) is 3.87. The zero-order valence-electron chi connectivity index (χ0n) is 10.8. The number of halogens is 1. The zero-order chi connectivity index (χ0) is 14.8. The Hall–Kier alpha value is -1.80. The number of hydrogen-bond acceptors (Lipinski definition) is 6. The average Bonchev–Trinajstić information content (AvgIpc) is 2.87. The Balaban J connectivity index is 2.24. The second kappa shape index (κ2) is 5.68. The minimum absolute atomic E-state index is 0.361. The number of aromatic amines is 1. The zero-order valence-corrected chi connectivity index (χ0v) is 12.3. The van der Waals surface area contributed by atoms with Crippen LogP contribution in [0, 0.1) is 0 Å². The van der Waals surface area contributed by atoms with Crippen LogP contribution in [0.15, 0.2) is 23.4 Å². The molecule has 0 spiro atoms. The number of ether oxygens (including phenoxy) is 2. The lowest BCUT2D eigenvalue weighted by molar-refractivity contribution is 0.354. The number of methoxy groups -OCH3 is 2. The van der Waals surface area contributed by atoms with E-state index in [1.54, 1.807) is 19.2 Å². The molecule has 0 saturated heterocycles. The van der Waals surface area contributed by atoms with Crippen molar-refractivity contribution in [2.75, 3.05) is 14.2 Å². The van der Waals surface area contributed by atoms with E-state index in [-0.39, 0.29) is 0 Å². The van der Waals surface area contributed by atoms with E-state index in [0.717, 1.165) is 5.56 Å². The van der Waals surface area contributed by atoms with Crippen molar-refractivity contribution >= 4 is 19.7 Å². The van der Waals surface area contributed by atoms with Crippen LogP contribution in [0.2, 0.25) is 0 Å². The third-order valence-electron chi connectivity index (χ3n) is 2.55. The van der Waals surface area contributed by atoms with Crippen LogP contribution >= 0.6 is 10.7 Å². The van der Waals surface area contributed by atoms with E-state index in [0.29, 0.717) is 23.7 Å². The number of nitrogens with one attached hydrogen (secondary N) is 1. The molecule has 0 aliphatic rings. The van der Waals surface area contributed by atoms with Crippen molar-refractivity contribution in [2.24, 2.45) is 0 Å². The lowest BCUT2D eigenvalue weighted by Crippen LogP contribution is -1.96. The Morgan fingerprint density at radius 1 is 1.25 bits per heavy atom. The Kier molecular flexibility index (Phi) is 4.15. The third kappa shape index (κ3) is 3.20. The molecule has 20 heavy (non-hydrogen) atoms. The van der Waals surface area contributed by atoms with Crippen molar-refractivity contribution in [3.05, 3.63) is 29.6 Å². The first-order valence-corrected chi connectivity index (χ1v) is 7.82. The molecule has 0 bridgehead atoms. The van der Waals surface area contributed by atoms with E-state index in [9.17, 15) is 8.42 Å². The highest BCUT2D eigenvalue weighted by Crippen LogP contribution is 2.28. The topological polar surface area (TPSA) is 94.2 Å². The van der Waals surface area contributed by atoms with Gasteiger partial charge in [-0.1, -0.05) is 6.07 Å². The van der Waals surface area contributed by atoms with Crippen molar-refractivity contribution in [3.63, 3.8) is 0 Å². The highest BCUT2D eigenvalue weighted by Gasteiger charge is 2.17. The Morgan fingerprint density at radius 2 is 1.95 bits per heavy atom. The molecule has 2 aromatic rings. The standard InChI is InChI=1S/C11H12ClN3O4S/c1-18-8-4-3-7(5-9(8)19-2)6-10-13-11(15-14-10)20(12,16)17/h3-5H,6H2,1-2H3,(H,13,14,15). The maximum Gasteiger partial charge on any atom is 0.298 e. The largest absolute Gasteiger partial charge is 0.493 e. The molecule has 0 aliphatic carbocycles. The maximum absolute atomic E-state index is 11.1. The second-order valence-corrected chi connectivity index (χ2v) is 6.33. The molecular formula is C11H12ClN3O4S. The van der Waals surface area contributed by atoms with Gasteiger partial charge in [0.05, 0.1) is 14.2 Å². The van der Waals surface area contributed by atoms with Gasteiger partial charge in [0.25, 0.3) is 14.2 Å². The SMILES string of the molecule is COc1ccc(Cc2nc(S(=O)(=O)Cl)n[nH]2)cc1OC. The molecule has 1 heterocycles. The first kappa shape index (κ1) is 14.6. The fourth-order valence-electron chi connectivity index (χ4n) is 1.65. The highest BCUT2D eigenvalue weighted by molar-refractivity contribution is 8.13. The fourth-order valence-corrected chi connectivity index (χ4v) is 2.23. The first-order chi connectivity index (χ1) is 9.44. The molecule has 0 amide bonds. The molecular weight excluding hydrogens is 306 g/mol. The van der Waals surface area contributed by atoms with Crippen LogP contribution in [0.3, 0.4) is 0 Å². The number of rotatable bonds is 5. The monoisotopic (exact) mass is 317 g/mol. The lowest BCUT2D eigenvalue weighted by atomic mass is 10.1. The maximum atomic E-state index is 11.1. The molecule has 1 N–H and O–H groups in total. The normalized spacial score (nSPS) is 11.3. The van der Waals surface area contributed by atoms with E-state index in [4.69, 9.17) is 20.2 Å². The van der Waals surface area contributed by atoms with Gasteiger partial charge in [-0.15, -0.1) is 5.10 Å². The van der Waals surface area contributed by atoms with Crippen molar-refractivity contribution in [1.29, 1.82) is 0 Å². The molecule has 0 unspecified atom stereocenters. The van der Waals surface area contributed by atoms with Crippen LogP contribution in [0.1, 0.15) is 11.4 Å². The fraction of sp³-hybridized carbons (Fsp3) is 0.273. The van der Waals surface area contributed by atoms with Gasteiger partial charge < -0.3 is 9.47 Å². The molecule has 9 heteroatoms. The predicted molar refractivity (Wildman–Crippen MR) is 71.8 cm³/mol. The minimum Gasteiger partial charge on any atom is -0.493 e. The Bertz CT molecular complexity index is 714. The summed E-state index contributed by atoms with van der Waals surface area (Å²) in [7, 11) is 4.31. The summed E-state index contributed by atoms with van der Waals surface area (Å²) in [6.07, 6.45) is 0.361. The van der Waals surface area contributed by atoms with Gasteiger partial charge in [-0.2, -0.15) is 0 Å². The molecule has 2 rings (SSSR count). The smallest absolute Gasteiger partial charge is 0.298 e. The molecule has 7 nitrogen and oxygen atoms in total. The van der Waals surface area contributed by atoms with Gasteiger partial charge in [-0.05, 0) is 17.7 Å². The average molecular weight is 318 g/mol. The molecule has 0 fully saturated rings. The van der Waals surface area contributed by atoms with Crippen LogP contribution in [0.5, 0.6) is 11.5 Å². The minimum atomic E-state index is -3.92. The van der Waals surface area contributed by atoms with Crippen LogP contribution < -0.4 is 9.47 Å². The van der Waals surface area contributed by atoms with Crippen molar-refractivity contribution in [3.8, 4) is 11.5 Å². The summed E-state index contributed by atoms with van der Waals surface area (Å²) in [4.78, 5) is 3.82. The number of aromatic nitrogens is 3. The van der Waals surface area contributed by atoms with Gasteiger partial charge in [0.1, 0.15) is 5.82 Å². The highest BCUT2D eigenvalue weighted by atomic mass is 35.7. The van der Waals surface area contributed by atoms with E-state index in [1.807, 2.05) is 6.07 Å². The number of hydrogen-bond donors (Lipinski definition) is 1. The van der Waals surface area contributed by atoms with E-state index < -0.39 is 14.2 Å². The van der Waals surface area contributed by atoms with E-state index in [1.165, 1.54) is 7.11 Å². The quantitative estimate of drug-likeness (QED) is 0.836. The summed E-state index contributed by atoms with van der Waals surface area (Å²) in [6, 6.07) is 5.35. The summed E-state index contributed by atoms with van der Waals surface area (Å²) in [5.74, 6) is 1.57. The number of H-pyrrole nitrogens is 1. The summed E-state index contributed by atoms with van der Waals surface area (Å²) in [5.41, 5.74) is 0.859. The van der Waals surface area contributed by atoms with E-state index in [2.05, 4.69) is 15.2 Å². The van der Waals surface area contributed by atoms with Crippen molar-refractivity contribution in [1.82, 2.24) is 15.2 Å². The molecule has 0 atom stereocenters. The summed E-state index contributed by atoms with van der Waals surface area (Å²) in [5, 5.41) is 5.64. The number of nitrogens with zero attached hydrogens (tertiary/aromatic N) is 2. The first-order valence-electron chi connectivity index (χ1n) is 5.51. The van der Waals surface area contributed by atoms with Gasteiger partial charge in [-0.3, -0.25) is 5.10 Å². The molecule has 1 aromatic carbocycles. The van der Waals surface area contributed by atoms with Gasteiger partial charge in [-0.25, -0.2) is 13.4 Å². The van der Waals surface area contributed by atoms with Gasteiger partial charge >= 0.3 is 0 Å². The van der Waals surface area contributed by atoms with Crippen LogP contribution in [-0.2, 0) is 15.5 Å². The van der Waals surface area contributed by atoms with Crippen LogP contribution in [0.25, 0.3) is 0 Å². The summed E-state index contributed by atoms with van der Waals surface area (Å²) >= 11 is 0.